The second-order valence-corrected chi connectivity index (χ2v) is 4.28. The quantitative estimate of drug-likeness (QED) is 0.237. The van der Waals surface area contributed by atoms with E-state index in [4.69, 9.17) is 15.7 Å². The highest BCUT2D eigenvalue weighted by atomic mass is 16.5. The van der Waals surface area contributed by atoms with Crippen molar-refractivity contribution in [2.45, 2.75) is 26.9 Å². The Morgan fingerprint density at radius 1 is 1.50 bits per heavy atom. The van der Waals surface area contributed by atoms with E-state index in [-0.39, 0.29) is 11.9 Å². The van der Waals surface area contributed by atoms with Gasteiger partial charge in [0.15, 0.2) is 5.84 Å². The highest BCUT2D eigenvalue weighted by Gasteiger charge is 2.06. The molecular weight excluding hydrogens is 230 g/mol. The van der Waals surface area contributed by atoms with E-state index >= 15 is 0 Å². The summed E-state index contributed by atoms with van der Waals surface area (Å²) in [7, 11) is 0. The summed E-state index contributed by atoms with van der Waals surface area (Å²) in [5, 5.41) is 14.7. The molecule has 0 amide bonds. The molecular formula is C13H21N3O2. The van der Waals surface area contributed by atoms with Gasteiger partial charge in [-0.1, -0.05) is 22.9 Å². The standard InChI is InChI=1S/C13H21N3O2/c1-9-4-5-12(10(2)8-9)15-6-7-18-11(3)13(14)16-17/h4-5,8,11,15,17H,6-7H2,1-3H3,(H2,14,16). The third kappa shape index (κ3) is 4.25. The van der Waals surface area contributed by atoms with Crippen LogP contribution in [0.5, 0.6) is 0 Å². The first-order chi connectivity index (χ1) is 8.54. The molecule has 1 rings (SSSR count). The number of nitrogens with two attached hydrogens (primary N) is 1. The minimum absolute atomic E-state index is 0.0847. The zero-order valence-corrected chi connectivity index (χ0v) is 11.1. The molecule has 4 N–H and O–H groups in total. The Balaban J connectivity index is 2.34. The van der Waals surface area contributed by atoms with E-state index < -0.39 is 0 Å². The van der Waals surface area contributed by atoms with Crippen LogP contribution in [-0.4, -0.2) is 30.3 Å². The topological polar surface area (TPSA) is 79.9 Å². The molecule has 0 radical (unpaired) electrons. The monoisotopic (exact) mass is 251 g/mol. The fourth-order valence-corrected chi connectivity index (χ4v) is 1.60. The van der Waals surface area contributed by atoms with Gasteiger partial charge in [-0.3, -0.25) is 0 Å². The number of aryl methyl sites for hydroxylation is 2. The Hall–Kier alpha value is -1.75. The number of nitrogens with one attached hydrogen (secondary N) is 1. The minimum atomic E-state index is -0.379. The molecule has 0 saturated heterocycles. The van der Waals surface area contributed by atoms with Crippen molar-refractivity contribution in [2.24, 2.45) is 10.9 Å². The highest BCUT2D eigenvalue weighted by molar-refractivity contribution is 5.83. The summed E-state index contributed by atoms with van der Waals surface area (Å²) < 4.78 is 5.40. The van der Waals surface area contributed by atoms with Gasteiger partial charge < -0.3 is 21.0 Å². The van der Waals surface area contributed by atoms with Crippen LogP contribution in [-0.2, 0) is 4.74 Å². The second-order valence-electron chi connectivity index (χ2n) is 4.28. The van der Waals surface area contributed by atoms with Gasteiger partial charge in [0, 0.05) is 12.2 Å². The first-order valence-electron chi connectivity index (χ1n) is 5.94. The van der Waals surface area contributed by atoms with E-state index in [1.807, 2.05) is 0 Å². The molecule has 0 fully saturated rings. The summed E-state index contributed by atoms with van der Waals surface area (Å²) in [6.45, 7) is 7.04. The van der Waals surface area contributed by atoms with Crippen molar-refractivity contribution in [3.63, 3.8) is 0 Å². The summed E-state index contributed by atoms with van der Waals surface area (Å²) in [6.07, 6.45) is -0.379. The van der Waals surface area contributed by atoms with Gasteiger partial charge in [0.25, 0.3) is 0 Å². The average Bonchev–Trinajstić information content (AvgIpc) is 2.35. The summed E-state index contributed by atoms with van der Waals surface area (Å²) in [6, 6.07) is 6.25. The van der Waals surface area contributed by atoms with Crippen LogP contribution in [0.3, 0.4) is 0 Å². The van der Waals surface area contributed by atoms with Crippen LogP contribution in [0.4, 0.5) is 5.69 Å². The van der Waals surface area contributed by atoms with Crippen LogP contribution in [0.15, 0.2) is 23.4 Å². The average molecular weight is 251 g/mol. The predicted molar refractivity (Wildman–Crippen MR) is 73.2 cm³/mol. The highest BCUT2D eigenvalue weighted by Crippen LogP contribution is 2.15. The Kier molecular flexibility index (Phi) is 5.45. The maximum absolute atomic E-state index is 8.47. The summed E-state index contributed by atoms with van der Waals surface area (Å²) >= 11 is 0. The van der Waals surface area contributed by atoms with E-state index in [1.54, 1.807) is 6.92 Å². The molecule has 1 unspecified atom stereocenters. The van der Waals surface area contributed by atoms with Gasteiger partial charge in [-0.15, -0.1) is 0 Å². The SMILES string of the molecule is Cc1ccc(NCCOC(C)/C(N)=N/O)c(C)c1. The fraction of sp³-hybridized carbons (Fsp3) is 0.462. The maximum atomic E-state index is 8.47. The van der Waals surface area contributed by atoms with Gasteiger partial charge in [0.05, 0.1) is 6.61 Å². The molecule has 1 aromatic rings. The van der Waals surface area contributed by atoms with Gasteiger partial charge in [-0.2, -0.15) is 0 Å². The predicted octanol–water partition coefficient (Wildman–Crippen LogP) is 1.87. The number of nitrogens with zero attached hydrogens (tertiary/aromatic N) is 1. The molecule has 0 spiro atoms. The van der Waals surface area contributed by atoms with E-state index in [9.17, 15) is 0 Å². The molecule has 1 aromatic carbocycles. The lowest BCUT2D eigenvalue weighted by Gasteiger charge is -2.13. The number of ether oxygens (including phenoxy) is 1. The minimum Gasteiger partial charge on any atom is -0.409 e. The molecule has 0 aromatic heterocycles. The van der Waals surface area contributed by atoms with Crippen molar-refractivity contribution in [3.8, 4) is 0 Å². The van der Waals surface area contributed by atoms with E-state index in [1.165, 1.54) is 11.1 Å². The third-order valence-corrected chi connectivity index (χ3v) is 2.70. The van der Waals surface area contributed by atoms with Gasteiger partial charge >= 0.3 is 0 Å². The Morgan fingerprint density at radius 3 is 2.83 bits per heavy atom. The first kappa shape index (κ1) is 14.3. The number of amidine groups is 1. The van der Waals surface area contributed by atoms with Crippen molar-refractivity contribution >= 4 is 11.5 Å². The largest absolute Gasteiger partial charge is 0.409 e. The Bertz CT molecular complexity index is 419. The van der Waals surface area contributed by atoms with Crippen LogP contribution in [0, 0.1) is 13.8 Å². The Labute approximate surface area is 108 Å². The van der Waals surface area contributed by atoms with Crippen LogP contribution >= 0.6 is 0 Å². The zero-order valence-electron chi connectivity index (χ0n) is 11.1. The number of anilines is 1. The maximum Gasteiger partial charge on any atom is 0.168 e. The van der Waals surface area contributed by atoms with Crippen LogP contribution < -0.4 is 11.1 Å². The van der Waals surface area contributed by atoms with Crippen molar-refractivity contribution in [1.29, 1.82) is 0 Å². The first-order valence-corrected chi connectivity index (χ1v) is 5.94. The lowest BCUT2D eigenvalue weighted by Crippen LogP contribution is -2.30. The molecule has 0 heterocycles. The lowest BCUT2D eigenvalue weighted by atomic mass is 10.1. The van der Waals surface area contributed by atoms with Crippen LogP contribution in [0.25, 0.3) is 0 Å². The number of hydrogen-bond acceptors (Lipinski definition) is 4. The number of oxime groups is 1. The summed E-state index contributed by atoms with van der Waals surface area (Å²) in [4.78, 5) is 0. The van der Waals surface area contributed by atoms with Gasteiger partial charge in [0.1, 0.15) is 6.10 Å². The Morgan fingerprint density at radius 2 is 2.22 bits per heavy atom. The normalized spacial score (nSPS) is 13.4. The summed E-state index contributed by atoms with van der Waals surface area (Å²) in [5.41, 5.74) is 8.96. The number of hydrogen-bond donors (Lipinski definition) is 3. The molecule has 0 aliphatic rings. The zero-order chi connectivity index (χ0) is 13.5. The van der Waals surface area contributed by atoms with Crippen molar-refractivity contribution < 1.29 is 9.94 Å². The molecule has 1 atom stereocenters. The molecule has 18 heavy (non-hydrogen) atoms. The molecule has 0 aliphatic carbocycles. The smallest absolute Gasteiger partial charge is 0.168 e. The summed E-state index contributed by atoms with van der Waals surface area (Å²) in [5.74, 6) is 0.0847. The van der Waals surface area contributed by atoms with E-state index in [0.717, 1.165) is 5.69 Å². The number of rotatable bonds is 6. The van der Waals surface area contributed by atoms with E-state index in [0.29, 0.717) is 13.2 Å². The van der Waals surface area contributed by atoms with Gasteiger partial charge in [-0.25, -0.2) is 0 Å². The second kappa shape index (κ2) is 6.86. The van der Waals surface area contributed by atoms with E-state index in [2.05, 4.69) is 42.5 Å². The third-order valence-electron chi connectivity index (χ3n) is 2.70. The number of benzene rings is 1. The van der Waals surface area contributed by atoms with Gasteiger partial charge in [-0.05, 0) is 32.4 Å². The molecule has 0 aliphatic heterocycles. The lowest BCUT2D eigenvalue weighted by molar-refractivity contribution is 0.115. The van der Waals surface area contributed by atoms with Crippen molar-refractivity contribution in [1.82, 2.24) is 0 Å². The molecule has 100 valence electrons. The molecule has 0 saturated carbocycles. The van der Waals surface area contributed by atoms with Crippen molar-refractivity contribution in [2.75, 3.05) is 18.5 Å². The fourth-order valence-electron chi connectivity index (χ4n) is 1.60. The molecule has 5 heteroatoms. The van der Waals surface area contributed by atoms with Crippen LogP contribution in [0.2, 0.25) is 0 Å². The van der Waals surface area contributed by atoms with Crippen LogP contribution in [0.1, 0.15) is 18.1 Å². The molecule has 0 bridgehead atoms. The van der Waals surface area contributed by atoms with Crippen molar-refractivity contribution in [3.05, 3.63) is 29.3 Å². The molecule has 5 nitrogen and oxygen atoms in total. The van der Waals surface area contributed by atoms with Gasteiger partial charge in [0.2, 0.25) is 0 Å².